The lowest BCUT2D eigenvalue weighted by molar-refractivity contribution is 0.463. The average Bonchev–Trinajstić information content (AvgIpc) is 3.20. The van der Waals surface area contributed by atoms with Crippen molar-refractivity contribution in [2.75, 3.05) is 5.32 Å². The van der Waals surface area contributed by atoms with Crippen molar-refractivity contribution in [1.29, 1.82) is 0 Å². The highest BCUT2D eigenvalue weighted by Crippen LogP contribution is 2.35. The van der Waals surface area contributed by atoms with Gasteiger partial charge in [0.1, 0.15) is 5.02 Å². The van der Waals surface area contributed by atoms with Crippen molar-refractivity contribution in [3.05, 3.63) is 21.6 Å². The maximum absolute atomic E-state index is 12.2. The molecule has 1 unspecified atom stereocenters. The van der Waals surface area contributed by atoms with Gasteiger partial charge in [0.15, 0.2) is 0 Å². The first-order valence-corrected chi connectivity index (χ1v) is 7.91. The van der Waals surface area contributed by atoms with Crippen LogP contribution in [0.2, 0.25) is 5.02 Å². The van der Waals surface area contributed by atoms with Crippen molar-refractivity contribution < 1.29 is 0 Å². The molecule has 1 heterocycles. The summed E-state index contributed by atoms with van der Waals surface area (Å²) in [5.74, 6) is 1.22. The quantitative estimate of drug-likeness (QED) is 0.837. The molecule has 1 N–H and O–H groups in total. The summed E-state index contributed by atoms with van der Waals surface area (Å²) in [7, 11) is 0. The summed E-state index contributed by atoms with van der Waals surface area (Å²) in [5, 5.41) is 7.86. The van der Waals surface area contributed by atoms with Crippen LogP contribution in [-0.4, -0.2) is 15.8 Å². The smallest absolute Gasteiger partial charge is 0.287 e. The maximum Gasteiger partial charge on any atom is 0.287 e. The van der Waals surface area contributed by atoms with E-state index in [1.165, 1.54) is 17.5 Å². The Morgan fingerprint density at radius 3 is 2.75 bits per heavy atom. The summed E-state index contributed by atoms with van der Waals surface area (Å²) in [6.45, 7) is 6.85. The first kappa shape index (κ1) is 15.4. The molecule has 0 aromatic carbocycles. The Labute approximate surface area is 125 Å². The highest BCUT2D eigenvalue weighted by atomic mass is 35.5. The van der Waals surface area contributed by atoms with E-state index in [2.05, 4.69) is 31.2 Å². The summed E-state index contributed by atoms with van der Waals surface area (Å²) < 4.78 is 1.44. The molecule has 112 valence electrons. The fourth-order valence-electron chi connectivity index (χ4n) is 2.35. The van der Waals surface area contributed by atoms with E-state index in [0.717, 1.165) is 18.8 Å². The van der Waals surface area contributed by atoms with Crippen molar-refractivity contribution in [3.63, 3.8) is 0 Å². The van der Waals surface area contributed by atoms with Crippen molar-refractivity contribution in [1.82, 2.24) is 9.78 Å². The molecule has 1 aliphatic rings. The van der Waals surface area contributed by atoms with E-state index >= 15 is 0 Å². The van der Waals surface area contributed by atoms with Crippen LogP contribution in [0.1, 0.15) is 46.5 Å². The van der Waals surface area contributed by atoms with Crippen LogP contribution in [0.5, 0.6) is 0 Å². The minimum Gasteiger partial charge on any atom is -0.380 e. The van der Waals surface area contributed by atoms with E-state index in [0.29, 0.717) is 24.2 Å². The Kier molecular flexibility index (Phi) is 5.08. The van der Waals surface area contributed by atoms with E-state index in [9.17, 15) is 4.79 Å². The third-order valence-corrected chi connectivity index (χ3v) is 4.06. The number of halogens is 1. The van der Waals surface area contributed by atoms with E-state index in [1.807, 2.05) is 0 Å². The molecule has 4 nitrogen and oxygen atoms in total. The van der Waals surface area contributed by atoms with Gasteiger partial charge >= 0.3 is 0 Å². The zero-order valence-corrected chi connectivity index (χ0v) is 13.3. The molecule has 0 amide bonds. The molecule has 1 saturated carbocycles. The van der Waals surface area contributed by atoms with E-state index in [4.69, 9.17) is 11.6 Å². The molecular weight excluding hydrogens is 274 g/mol. The van der Waals surface area contributed by atoms with Gasteiger partial charge in [0.25, 0.3) is 5.56 Å². The van der Waals surface area contributed by atoms with Gasteiger partial charge in [0, 0.05) is 12.6 Å². The molecule has 5 heteroatoms. The average molecular weight is 298 g/mol. The van der Waals surface area contributed by atoms with Gasteiger partial charge in [-0.05, 0) is 24.7 Å². The third kappa shape index (κ3) is 3.98. The highest BCUT2D eigenvalue weighted by molar-refractivity contribution is 6.32. The van der Waals surface area contributed by atoms with E-state index in [-0.39, 0.29) is 10.6 Å². The second-order valence-corrected chi connectivity index (χ2v) is 6.56. The fourth-order valence-corrected chi connectivity index (χ4v) is 2.55. The Morgan fingerprint density at radius 1 is 1.50 bits per heavy atom. The topological polar surface area (TPSA) is 46.9 Å². The predicted octanol–water partition coefficient (Wildman–Crippen LogP) is 3.54. The Balaban J connectivity index is 2.11. The lowest BCUT2D eigenvalue weighted by atomic mass is 10.1. The number of hydrogen-bond donors (Lipinski definition) is 1. The van der Waals surface area contributed by atoms with Crippen molar-refractivity contribution in [2.24, 2.45) is 11.8 Å². The molecule has 0 radical (unpaired) electrons. The number of hydrogen-bond acceptors (Lipinski definition) is 3. The molecule has 20 heavy (non-hydrogen) atoms. The second kappa shape index (κ2) is 6.61. The van der Waals surface area contributed by atoms with Gasteiger partial charge in [-0.15, -0.1) is 0 Å². The molecule has 0 aliphatic heterocycles. The Hall–Kier alpha value is -1.03. The number of aromatic nitrogens is 2. The molecule has 1 aliphatic carbocycles. The van der Waals surface area contributed by atoms with Crippen LogP contribution < -0.4 is 10.9 Å². The van der Waals surface area contributed by atoms with Crippen molar-refractivity contribution >= 4 is 17.3 Å². The first-order valence-electron chi connectivity index (χ1n) is 7.53. The van der Waals surface area contributed by atoms with Crippen LogP contribution in [0.4, 0.5) is 5.69 Å². The van der Waals surface area contributed by atoms with Crippen LogP contribution in [0, 0.1) is 11.8 Å². The van der Waals surface area contributed by atoms with Gasteiger partial charge < -0.3 is 5.32 Å². The minimum atomic E-state index is -0.202. The molecule has 1 aromatic rings. The molecule has 1 fully saturated rings. The van der Waals surface area contributed by atoms with E-state index < -0.39 is 0 Å². The van der Waals surface area contributed by atoms with Crippen LogP contribution in [0.3, 0.4) is 0 Å². The van der Waals surface area contributed by atoms with Gasteiger partial charge in [-0.1, -0.05) is 45.2 Å². The molecule has 0 bridgehead atoms. The lowest BCUT2D eigenvalue weighted by Gasteiger charge is -2.19. The Morgan fingerprint density at radius 2 is 2.20 bits per heavy atom. The maximum atomic E-state index is 12.2. The summed E-state index contributed by atoms with van der Waals surface area (Å²) in [6, 6.07) is 0.377. The normalized spacial score (nSPS) is 16.4. The van der Waals surface area contributed by atoms with Gasteiger partial charge in [-0.25, -0.2) is 4.68 Å². The van der Waals surface area contributed by atoms with Crippen LogP contribution >= 0.6 is 11.6 Å². The predicted molar refractivity (Wildman–Crippen MR) is 83.4 cm³/mol. The van der Waals surface area contributed by atoms with Gasteiger partial charge in [0.05, 0.1) is 11.9 Å². The van der Waals surface area contributed by atoms with Gasteiger partial charge in [-0.3, -0.25) is 4.79 Å². The third-order valence-electron chi connectivity index (χ3n) is 3.69. The second-order valence-electron chi connectivity index (χ2n) is 6.18. The number of rotatable bonds is 7. The SMILES string of the molecule is CCC(CC1CC1)Nc1cnn(CC(C)C)c(=O)c1Cl. The van der Waals surface area contributed by atoms with Crippen LogP contribution in [0.25, 0.3) is 0 Å². The molecule has 0 saturated heterocycles. The molecule has 2 rings (SSSR count). The van der Waals surface area contributed by atoms with Gasteiger partial charge in [0.2, 0.25) is 0 Å². The molecule has 1 aromatic heterocycles. The number of anilines is 1. The summed E-state index contributed by atoms with van der Waals surface area (Å²) in [6.07, 6.45) is 6.53. The molecular formula is C15H24ClN3O. The largest absolute Gasteiger partial charge is 0.380 e. The number of nitrogens with one attached hydrogen (secondary N) is 1. The summed E-state index contributed by atoms with van der Waals surface area (Å²) in [4.78, 5) is 12.2. The minimum absolute atomic E-state index is 0.202. The van der Waals surface area contributed by atoms with E-state index in [1.54, 1.807) is 6.20 Å². The van der Waals surface area contributed by atoms with Crippen LogP contribution in [0.15, 0.2) is 11.0 Å². The van der Waals surface area contributed by atoms with Gasteiger partial charge in [-0.2, -0.15) is 5.10 Å². The highest BCUT2D eigenvalue weighted by Gasteiger charge is 2.25. The first-order chi connectivity index (χ1) is 9.51. The Bertz CT molecular complexity index is 508. The zero-order valence-electron chi connectivity index (χ0n) is 12.5. The van der Waals surface area contributed by atoms with Crippen LogP contribution in [-0.2, 0) is 6.54 Å². The standard InChI is InChI=1S/C15H24ClN3O/c1-4-12(7-11-5-6-11)18-13-8-17-19(9-10(2)3)15(20)14(13)16/h8,10-12,18H,4-7,9H2,1-3H3. The zero-order chi connectivity index (χ0) is 14.7. The summed E-state index contributed by atoms with van der Waals surface area (Å²) in [5.41, 5.74) is 0.468. The lowest BCUT2D eigenvalue weighted by Crippen LogP contribution is -2.28. The monoisotopic (exact) mass is 297 g/mol. The van der Waals surface area contributed by atoms with Crippen molar-refractivity contribution in [2.45, 2.75) is 59.0 Å². The molecule has 1 atom stereocenters. The summed E-state index contributed by atoms with van der Waals surface area (Å²) >= 11 is 6.20. The fraction of sp³-hybridized carbons (Fsp3) is 0.733. The molecule has 0 spiro atoms. The van der Waals surface area contributed by atoms with Crippen molar-refractivity contribution in [3.8, 4) is 0 Å². The number of nitrogens with zero attached hydrogens (tertiary/aromatic N) is 2.